The van der Waals surface area contributed by atoms with E-state index in [1.807, 2.05) is 0 Å². The van der Waals surface area contributed by atoms with Gasteiger partial charge in [-0.1, -0.05) is 29.8 Å². The lowest BCUT2D eigenvalue weighted by atomic mass is 10.2. The molecule has 208 valence electrons. The fraction of sp³-hybridized carbons (Fsp3) is 0.214. The van der Waals surface area contributed by atoms with Crippen molar-refractivity contribution in [2.24, 2.45) is 0 Å². The second-order valence-corrected chi connectivity index (χ2v) is 11.2. The van der Waals surface area contributed by atoms with E-state index in [0.717, 1.165) is 9.21 Å². The van der Waals surface area contributed by atoms with Gasteiger partial charge in [0.1, 0.15) is 6.04 Å². The molecule has 1 aliphatic heterocycles. The van der Waals surface area contributed by atoms with Gasteiger partial charge in [0.25, 0.3) is 5.91 Å². The predicted molar refractivity (Wildman–Crippen MR) is 148 cm³/mol. The van der Waals surface area contributed by atoms with E-state index < -0.39 is 40.3 Å². The smallest absolute Gasteiger partial charge is 0.338 e. The normalized spacial score (nSPS) is 15.4. The molecule has 3 aromatic carbocycles. The minimum absolute atomic E-state index is 0.133. The molecule has 3 aromatic rings. The van der Waals surface area contributed by atoms with Crippen LogP contribution in [0.15, 0.2) is 77.7 Å². The van der Waals surface area contributed by atoms with Crippen LogP contribution in [0.25, 0.3) is 0 Å². The molecule has 3 amide bonds. The summed E-state index contributed by atoms with van der Waals surface area (Å²) in [5.74, 6) is -2.20. The van der Waals surface area contributed by atoms with Crippen molar-refractivity contribution >= 4 is 56.7 Å². The number of amides is 3. The first-order chi connectivity index (χ1) is 19.0. The van der Waals surface area contributed by atoms with Gasteiger partial charge >= 0.3 is 5.97 Å². The predicted octanol–water partition coefficient (Wildman–Crippen LogP) is 4.00. The van der Waals surface area contributed by atoms with Gasteiger partial charge in [0.15, 0.2) is 0 Å². The fourth-order valence-corrected chi connectivity index (χ4v) is 6.03. The molecule has 0 saturated carbocycles. The molecule has 10 nitrogen and oxygen atoms in total. The number of hydrogen-bond donors (Lipinski definition) is 1. The highest BCUT2D eigenvalue weighted by Gasteiger charge is 2.47. The third-order valence-electron chi connectivity index (χ3n) is 6.17. The summed E-state index contributed by atoms with van der Waals surface area (Å²) in [5.41, 5.74) is 1.28. The van der Waals surface area contributed by atoms with Gasteiger partial charge in [0.05, 0.1) is 29.2 Å². The van der Waals surface area contributed by atoms with E-state index in [2.05, 4.69) is 5.32 Å². The van der Waals surface area contributed by atoms with Crippen molar-refractivity contribution in [2.75, 3.05) is 16.8 Å². The summed E-state index contributed by atoms with van der Waals surface area (Å²) in [6.07, 6.45) is -0.397. The van der Waals surface area contributed by atoms with E-state index >= 15 is 0 Å². The Balaban J connectivity index is 1.70. The van der Waals surface area contributed by atoms with Crippen LogP contribution in [-0.2, 0) is 35.7 Å². The Labute approximate surface area is 236 Å². The minimum Gasteiger partial charge on any atom is -0.462 e. The van der Waals surface area contributed by atoms with E-state index in [1.165, 1.54) is 55.5 Å². The molecule has 1 aliphatic rings. The lowest BCUT2D eigenvalue weighted by Gasteiger charge is -2.27. The average Bonchev–Trinajstić information content (AvgIpc) is 3.21. The van der Waals surface area contributed by atoms with Gasteiger partial charge in [-0.2, -0.15) is 4.31 Å². The zero-order chi connectivity index (χ0) is 29.0. The minimum atomic E-state index is -4.33. The second-order valence-electron chi connectivity index (χ2n) is 8.90. The van der Waals surface area contributed by atoms with Crippen LogP contribution in [0, 0.1) is 0 Å². The largest absolute Gasteiger partial charge is 0.462 e. The quantitative estimate of drug-likeness (QED) is 0.298. The second kappa shape index (κ2) is 12.0. The lowest BCUT2D eigenvalue weighted by molar-refractivity contribution is -0.122. The van der Waals surface area contributed by atoms with Gasteiger partial charge in [-0.15, -0.1) is 0 Å². The topological polar surface area (TPSA) is 130 Å². The van der Waals surface area contributed by atoms with E-state index in [-0.39, 0.29) is 35.2 Å². The molecule has 1 saturated heterocycles. The molecule has 0 aliphatic carbocycles. The maximum Gasteiger partial charge on any atom is 0.338 e. The van der Waals surface area contributed by atoms with Crippen molar-refractivity contribution in [1.82, 2.24) is 4.31 Å². The first-order valence-corrected chi connectivity index (χ1v) is 14.1. The Morgan fingerprint density at radius 3 is 2.27 bits per heavy atom. The molecular formula is C28H26ClN3O7S. The summed E-state index contributed by atoms with van der Waals surface area (Å²) in [6, 6.07) is 16.5. The van der Waals surface area contributed by atoms with Gasteiger partial charge in [0.2, 0.25) is 21.8 Å². The van der Waals surface area contributed by atoms with Crippen molar-refractivity contribution in [2.45, 2.75) is 37.8 Å². The number of halogens is 1. The van der Waals surface area contributed by atoms with Crippen LogP contribution in [0.1, 0.15) is 36.2 Å². The number of sulfonamides is 1. The molecule has 0 aromatic heterocycles. The van der Waals surface area contributed by atoms with Crippen LogP contribution in [-0.4, -0.2) is 49.1 Å². The number of ether oxygens (including phenoxy) is 1. The molecule has 40 heavy (non-hydrogen) atoms. The number of rotatable bonds is 9. The van der Waals surface area contributed by atoms with E-state index in [4.69, 9.17) is 16.3 Å². The van der Waals surface area contributed by atoms with E-state index in [9.17, 15) is 27.6 Å². The van der Waals surface area contributed by atoms with Gasteiger partial charge in [-0.05, 0) is 67.1 Å². The highest BCUT2D eigenvalue weighted by atomic mass is 35.5. The van der Waals surface area contributed by atoms with Crippen LogP contribution in [0.4, 0.5) is 11.4 Å². The number of carbonyl (C=O) groups is 4. The number of benzene rings is 3. The summed E-state index contributed by atoms with van der Waals surface area (Å²) in [7, 11) is -4.33. The van der Waals surface area contributed by atoms with Crippen LogP contribution < -0.4 is 10.2 Å². The number of hydrogen-bond acceptors (Lipinski definition) is 7. The van der Waals surface area contributed by atoms with Crippen molar-refractivity contribution in [3.05, 3.63) is 88.9 Å². The van der Waals surface area contributed by atoms with Crippen LogP contribution in [0.3, 0.4) is 0 Å². The molecule has 0 radical (unpaired) electrons. The molecule has 0 bridgehead atoms. The first-order valence-electron chi connectivity index (χ1n) is 12.3. The monoisotopic (exact) mass is 583 g/mol. The summed E-state index contributed by atoms with van der Waals surface area (Å²) >= 11 is 6.33. The lowest BCUT2D eigenvalue weighted by Crippen LogP contribution is -2.45. The number of esters is 1. The van der Waals surface area contributed by atoms with Crippen molar-refractivity contribution in [3.8, 4) is 0 Å². The van der Waals surface area contributed by atoms with Gasteiger partial charge in [0, 0.05) is 24.2 Å². The van der Waals surface area contributed by atoms with Crippen LogP contribution in [0.2, 0.25) is 5.02 Å². The number of carbonyl (C=O) groups excluding carboxylic acids is 4. The highest BCUT2D eigenvalue weighted by molar-refractivity contribution is 7.89. The Hall–Kier alpha value is -4.06. The third kappa shape index (κ3) is 6.06. The Morgan fingerprint density at radius 1 is 1.02 bits per heavy atom. The van der Waals surface area contributed by atoms with Gasteiger partial charge in [-0.3, -0.25) is 14.4 Å². The molecule has 12 heteroatoms. The Bertz CT molecular complexity index is 1560. The van der Waals surface area contributed by atoms with Crippen molar-refractivity contribution in [3.63, 3.8) is 0 Å². The third-order valence-corrected chi connectivity index (χ3v) is 8.41. The number of nitrogens with zero attached hydrogens (tertiary/aromatic N) is 2. The average molecular weight is 584 g/mol. The van der Waals surface area contributed by atoms with Crippen molar-refractivity contribution < 1.29 is 32.3 Å². The van der Waals surface area contributed by atoms with E-state index in [0.29, 0.717) is 16.3 Å². The molecular weight excluding hydrogens is 558 g/mol. The molecule has 0 spiro atoms. The number of imide groups is 1. The van der Waals surface area contributed by atoms with Crippen molar-refractivity contribution in [1.29, 1.82) is 0 Å². The Kier molecular flexibility index (Phi) is 8.67. The van der Waals surface area contributed by atoms with Crippen LogP contribution in [0.5, 0.6) is 0 Å². The summed E-state index contributed by atoms with van der Waals surface area (Å²) in [5, 5.41) is 2.87. The molecule has 1 atom stereocenters. The zero-order valence-corrected chi connectivity index (χ0v) is 23.2. The summed E-state index contributed by atoms with van der Waals surface area (Å²) in [6.45, 7) is 2.93. The highest BCUT2D eigenvalue weighted by Crippen LogP contribution is 2.32. The first kappa shape index (κ1) is 28.9. The number of nitrogens with one attached hydrogen (secondary N) is 1. The summed E-state index contributed by atoms with van der Waals surface area (Å²) in [4.78, 5) is 50.8. The standard InChI is InChI=1S/C28H26ClN3O7S/c1-3-39-28(36)19-8-12-22(13-9-19)32-26(34)16-25(27(32)35)31(17-20-6-4-5-7-24(20)29)40(37,38)23-14-10-21(11-15-23)30-18(2)33/h4-15,25H,3,16-17H2,1-2H3,(H,30,33). The molecule has 4 rings (SSSR count). The number of anilines is 2. The fourth-order valence-electron chi connectivity index (χ4n) is 4.28. The SMILES string of the molecule is CCOC(=O)c1ccc(N2C(=O)CC(N(Cc3ccccc3Cl)S(=O)(=O)c3ccc(NC(C)=O)cc3)C2=O)cc1. The maximum absolute atomic E-state index is 13.9. The summed E-state index contributed by atoms with van der Waals surface area (Å²) < 4.78 is 33.7. The van der Waals surface area contributed by atoms with Crippen LogP contribution >= 0.6 is 11.6 Å². The molecule has 1 fully saturated rings. The maximum atomic E-state index is 13.9. The van der Waals surface area contributed by atoms with Gasteiger partial charge in [-0.25, -0.2) is 18.1 Å². The Morgan fingerprint density at radius 2 is 1.68 bits per heavy atom. The van der Waals surface area contributed by atoms with E-state index in [1.54, 1.807) is 31.2 Å². The molecule has 1 heterocycles. The molecule has 1 unspecified atom stereocenters. The zero-order valence-electron chi connectivity index (χ0n) is 21.7. The van der Waals surface area contributed by atoms with Gasteiger partial charge < -0.3 is 10.1 Å². The molecule has 1 N–H and O–H groups in total.